The van der Waals surface area contributed by atoms with E-state index in [2.05, 4.69) is 29.8 Å². The molecule has 206 valence electrons. The minimum Gasteiger partial charge on any atom is -0.366 e. The molecule has 6 rings (SSSR count). The van der Waals surface area contributed by atoms with Crippen LogP contribution in [0.25, 0.3) is 10.8 Å². The number of hydrogen-bond acceptors (Lipinski definition) is 7. The number of nitrogens with zero attached hydrogens (tertiary/aromatic N) is 7. The molecule has 3 fully saturated rings. The van der Waals surface area contributed by atoms with Gasteiger partial charge in [0, 0.05) is 76.2 Å². The van der Waals surface area contributed by atoms with Gasteiger partial charge in [0.1, 0.15) is 5.82 Å². The normalized spacial score (nSPS) is 19.6. The minimum absolute atomic E-state index is 0.0368. The predicted octanol–water partition coefficient (Wildman–Crippen LogP) is 3.34. The molecular weight excluding hydrogens is 493 g/mol. The lowest BCUT2D eigenvalue weighted by molar-refractivity contribution is 0.0614. The Labute approximate surface area is 230 Å². The molecule has 39 heavy (non-hydrogen) atoms. The van der Waals surface area contributed by atoms with Crippen LogP contribution in [0.15, 0.2) is 48.5 Å². The molecule has 1 aromatic heterocycles. The molecule has 9 heteroatoms. The first kappa shape index (κ1) is 26.0. The number of carbonyl (C=O) groups is 1. The molecule has 3 aliphatic heterocycles. The number of anilines is 2. The number of rotatable bonds is 6. The van der Waals surface area contributed by atoms with E-state index in [9.17, 15) is 9.18 Å². The van der Waals surface area contributed by atoms with Crippen LogP contribution >= 0.6 is 0 Å². The number of aromatic nitrogens is 2. The Bertz CT molecular complexity index is 1280. The molecule has 0 unspecified atom stereocenters. The SMILES string of the molecule is O=C(c1nnc(N2CCN(c3ccccc3F)CC2)c2ccccc12)N1CCN(CCN2CCCCC2)CC1. The summed E-state index contributed by atoms with van der Waals surface area (Å²) in [6.45, 7) is 10.7. The summed E-state index contributed by atoms with van der Waals surface area (Å²) in [5.41, 5.74) is 1.07. The fourth-order valence-electron chi connectivity index (χ4n) is 6.14. The van der Waals surface area contributed by atoms with Gasteiger partial charge in [-0.3, -0.25) is 9.69 Å². The van der Waals surface area contributed by atoms with Gasteiger partial charge in [0.2, 0.25) is 0 Å². The van der Waals surface area contributed by atoms with Crippen molar-refractivity contribution in [2.24, 2.45) is 0 Å². The van der Waals surface area contributed by atoms with E-state index < -0.39 is 0 Å². The zero-order valence-electron chi connectivity index (χ0n) is 22.6. The van der Waals surface area contributed by atoms with Crippen molar-refractivity contribution in [3.63, 3.8) is 0 Å². The Kier molecular flexibility index (Phi) is 7.88. The lowest BCUT2D eigenvalue weighted by atomic mass is 10.1. The van der Waals surface area contributed by atoms with Gasteiger partial charge in [0.25, 0.3) is 5.91 Å². The zero-order valence-corrected chi connectivity index (χ0v) is 22.6. The van der Waals surface area contributed by atoms with Gasteiger partial charge < -0.3 is 19.6 Å². The van der Waals surface area contributed by atoms with Gasteiger partial charge in [-0.25, -0.2) is 4.39 Å². The molecule has 1 amide bonds. The van der Waals surface area contributed by atoms with Crippen LogP contribution in [0.1, 0.15) is 29.8 Å². The Hall–Kier alpha value is -3.30. The van der Waals surface area contributed by atoms with Crippen molar-refractivity contribution < 1.29 is 9.18 Å². The summed E-state index contributed by atoms with van der Waals surface area (Å²) >= 11 is 0. The third-order valence-electron chi connectivity index (χ3n) is 8.48. The minimum atomic E-state index is -0.193. The second kappa shape index (κ2) is 11.8. The van der Waals surface area contributed by atoms with Gasteiger partial charge in [-0.15, -0.1) is 10.2 Å². The van der Waals surface area contributed by atoms with Gasteiger partial charge in [-0.1, -0.05) is 42.8 Å². The molecule has 3 saturated heterocycles. The first-order valence-corrected chi connectivity index (χ1v) is 14.4. The van der Waals surface area contributed by atoms with Gasteiger partial charge >= 0.3 is 0 Å². The summed E-state index contributed by atoms with van der Waals surface area (Å²) < 4.78 is 14.3. The van der Waals surface area contributed by atoms with E-state index in [1.54, 1.807) is 6.07 Å². The number of para-hydroxylation sites is 1. The van der Waals surface area contributed by atoms with E-state index in [1.165, 1.54) is 38.4 Å². The van der Waals surface area contributed by atoms with Crippen molar-refractivity contribution in [1.29, 1.82) is 0 Å². The molecule has 0 aliphatic carbocycles. The fourth-order valence-corrected chi connectivity index (χ4v) is 6.14. The Morgan fingerprint density at radius 1 is 0.667 bits per heavy atom. The third-order valence-corrected chi connectivity index (χ3v) is 8.48. The standard InChI is InChI=1S/C30H38FN7O/c31-26-10-4-5-11-27(26)36-20-22-37(23-21-36)29-25-9-3-2-8-24(25)28(32-33-29)30(39)38-18-16-35(17-19-38)15-14-34-12-6-1-7-13-34/h2-5,8-11H,1,6-7,12-23H2. The van der Waals surface area contributed by atoms with Crippen LogP contribution in [-0.2, 0) is 0 Å². The average Bonchev–Trinajstić information content (AvgIpc) is 3.00. The average molecular weight is 532 g/mol. The van der Waals surface area contributed by atoms with E-state index in [4.69, 9.17) is 0 Å². The first-order valence-electron chi connectivity index (χ1n) is 14.4. The fraction of sp³-hybridized carbons (Fsp3) is 0.500. The molecule has 0 bridgehead atoms. The second-order valence-corrected chi connectivity index (χ2v) is 10.9. The van der Waals surface area contributed by atoms with Crippen LogP contribution in [0.5, 0.6) is 0 Å². The summed E-state index contributed by atoms with van der Waals surface area (Å²) in [5, 5.41) is 10.9. The molecule has 2 aromatic carbocycles. The van der Waals surface area contributed by atoms with E-state index >= 15 is 0 Å². The van der Waals surface area contributed by atoms with Crippen molar-refractivity contribution in [3.8, 4) is 0 Å². The molecule has 0 saturated carbocycles. The summed E-state index contributed by atoms with van der Waals surface area (Å²) in [5.74, 6) is 0.560. The number of fused-ring (bicyclic) bond motifs is 1. The third kappa shape index (κ3) is 5.70. The van der Waals surface area contributed by atoms with Crippen LogP contribution in [0.2, 0.25) is 0 Å². The monoisotopic (exact) mass is 531 g/mol. The number of hydrogen-bond donors (Lipinski definition) is 0. The molecule has 3 aliphatic rings. The van der Waals surface area contributed by atoms with Crippen LogP contribution in [0, 0.1) is 5.82 Å². The van der Waals surface area contributed by atoms with E-state index in [0.717, 1.165) is 42.8 Å². The molecule has 0 N–H and O–H groups in total. The maximum Gasteiger partial charge on any atom is 0.275 e. The van der Waals surface area contributed by atoms with Gasteiger partial charge in [0.15, 0.2) is 11.5 Å². The molecule has 0 radical (unpaired) electrons. The van der Waals surface area contributed by atoms with Crippen LogP contribution in [0.3, 0.4) is 0 Å². The molecule has 0 spiro atoms. The number of piperazine rings is 2. The number of carbonyl (C=O) groups excluding carboxylic acids is 1. The van der Waals surface area contributed by atoms with Crippen molar-refractivity contribution in [3.05, 3.63) is 60.0 Å². The number of piperidine rings is 1. The van der Waals surface area contributed by atoms with E-state index in [0.29, 0.717) is 50.6 Å². The number of halogens is 1. The highest BCUT2D eigenvalue weighted by Gasteiger charge is 2.27. The largest absolute Gasteiger partial charge is 0.366 e. The zero-order chi connectivity index (χ0) is 26.6. The van der Waals surface area contributed by atoms with Crippen molar-refractivity contribution in [1.82, 2.24) is 24.9 Å². The summed E-state index contributed by atoms with van der Waals surface area (Å²) in [4.78, 5) is 24.8. The van der Waals surface area contributed by atoms with Gasteiger partial charge in [0.05, 0.1) is 5.69 Å². The highest BCUT2D eigenvalue weighted by atomic mass is 19.1. The summed E-state index contributed by atoms with van der Waals surface area (Å²) in [7, 11) is 0. The Balaban J connectivity index is 1.10. The van der Waals surface area contributed by atoms with Crippen molar-refractivity contribution in [2.45, 2.75) is 19.3 Å². The van der Waals surface area contributed by atoms with E-state index in [-0.39, 0.29) is 11.7 Å². The summed E-state index contributed by atoms with van der Waals surface area (Å²) in [6.07, 6.45) is 4.00. The topological polar surface area (TPSA) is 59.1 Å². The maximum absolute atomic E-state index is 14.3. The summed E-state index contributed by atoms with van der Waals surface area (Å²) in [6, 6.07) is 14.9. The molecule has 3 aromatic rings. The molecule has 4 heterocycles. The number of benzene rings is 2. The van der Waals surface area contributed by atoms with Gasteiger partial charge in [-0.05, 0) is 38.1 Å². The van der Waals surface area contributed by atoms with E-state index in [1.807, 2.05) is 41.3 Å². The first-order chi connectivity index (χ1) is 19.2. The number of likely N-dealkylation sites (tertiary alicyclic amines) is 1. The predicted molar refractivity (Wildman–Crippen MR) is 153 cm³/mol. The smallest absolute Gasteiger partial charge is 0.275 e. The van der Waals surface area contributed by atoms with Crippen LogP contribution in [0.4, 0.5) is 15.9 Å². The molecule has 0 atom stereocenters. The lowest BCUT2D eigenvalue weighted by Crippen LogP contribution is -2.50. The van der Waals surface area contributed by atoms with Crippen molar-refractivity contribution >= 4 is 28.2 Å². The highest BCUT2D eigenvalue weighted by molar-refractivity contribution is 6.07. The molecule has 8 nitrogen and oxygen atoms in total. The van der Waals surface area contributed by atoms with Crippen LogP contribution < -0.4 is 9.80 Å². The lowest BCUT2D eigenvalue weighted by Gasteiger charge is -2.37. The molecular formula is C30H38FN7O. The Morgan fingerprint density at radius 2 is 1.28 bits per heavy atom. The van der Waals surface area contributed by atoms with Crippen LogP contribution in [-0.4, -0.2) is 109 Å². The maximum atomic E-state index is 14.3. The highest BCUT2D eigenvalue weighted by Crippen LogP contribution is 2.29. The number of amides is 1. The quantitative estimate of drug-likeness (QED) is 0.484. The second-order valence-electron chi connectivity index (χ2n) is 10.9. The van der Waals surface area contributed by atoms with Gasteiger partial charge in [-0.2, -0.15) is 0 Å². The van der Waals surface area contributed by atoms with Crippen molar-refractivity contribution in [2.75, 3.05) is 88.3 Å². The Morgan fingerprint density at radius 3 is 2.00 bits per heavy atom.